The number of carbonyl (C=O) groups is 2. The molecule has 0 aliphatic heterocycles. The Balaban J connectivity index is 1.93. The van der Waals surface area contributed by atoms with Crippen LogP contribution in [0, 0.1) is 5.92 Å². The van der Waals surface area contributed by atoms with Crippen molar-refractivity contribution in [3.63, 3.8) is 0 Å². The van der Waals surface area contributed by atoms with E-state index in [1.807, 2.05) is 31.2 Å². The minimum absolute atomic E-state index is 0.0770. The second-order valence-corrected chi connectivity index (χ2v) is 5.29. The zero-order chi connectivity index (χ0) is 14.7. The summed E-state index contributed by atoms with van der Waals surface area (Å²) in [5, 5.41) is 14.7. The van der Waals surface area contributed by atoms with E-state index in [1.54, 1.807) is 0 Å². The van der Waals surface area contributed by atoms with Crippen LogP contribution in [0.1, 0.15) is 38.3 Å². The van der Waals surface area contributed by atoms with Crippen molar-refractivity contribution in [1.82, 2.24) is 5.32 Å². The van der Waals surface area contributed by atoms with Gasteiger partial charge in [0.1, 0.15) is 6.10 Å². The Labute approximate surface area is 118 Å². The molecule has 0 bridgehead atoms. The lowest BCUT2D eigenvalue weighted by Gasteiger charge is -2.16. The van der Waals surface area contributed by atoms with Crippen molar-refractivity contribution in [2.45, 2.75) is 38.8 Å². The minimum atomic E-state index is -1.02. The maximum atomic E-state index is 11.6. The summed E-state index contributed by atoms with van der Waals surface area (Å²) in [6.45, 7) is 3.27. The maximum Gasteiger partial charge on any atom is 0.249 e. The van der Waals surface area contributed by atoms with E-state index in [2.05, 4.69) is 10.6 Å². The molecule has 2 rings (SSSR count). The van der Waals surface area contributed by atoms with Gasteiger partial charge in [0.15, 0.2) is 0 Å². The molecular formula is C15H20N2O3. The molecule has 1 saturated carbocycles. The Hall–Kier alpha value is -1.88. The fourth-order valence-electron chi connectivity index (χ4n) is 1.86. The molecule has 0 heterocycles. The molecule has 5 heteroatoms. The Morgan fingerprint density at radius 3 is 2.30 bits per heavy atom. The summed E-state index contributed by atoms with van der Waals surface area (Å²) in [7, 11) is 0. The largest absolute Gasteiger partial charge is 0.384 e. The van der Waals surface area contributed by atoms with Crippen molar-refractivity contribution >= 4 is 17.5 Å². The van der Waals surface area contributed by atoms with Crippen LogP contribution in [-0.4, -0.2) is 23.0 Å². The number of aliphatic hydroxyl groups is 1. The van der Waals surface area contributed by atoms with E-state index in [0.29, 0.717) is 0 Å². The average Bonchev–Trinajstić information content (AvgIpc) is 3.23. The van der Waals surface area contributed by atoms with Gasteiger partial charge in [0, 0.05) is 11.6 Å². The molecule has 5 nitrogen and oxygen atoms in total. The quantitative estimate of drug-likeness (QED) is 0.764. The van der Waals surface area contributed by atoms with Crippen molar-refractivity contribution in [2.75, 3.05) is 5.32 Å². The maximum absolute atomic E-state index is 11.6. The van der Waals surface area contributed by atoms with Crippen LogP contribution in [0.5, 0.6) is 0 Å². The highest BCUT2D eigenvalue weighted by molar-refractivity contribution is 5.94. The summed E-state index contributed by atoms with van der Waals surface area (Å²) in [5.41, 5.74) is 1.68. The Morgan fingerprint density at radius 2 is 1.80 bits per heavy atom. The lowest BCUT2D eigenvalue weighted by molar-refractivity contribution is -0.129. The summed E-state index contributed by atoms with van der Waals surface area (Å²) in [6.07, 6.45) is 0.938. The first kappa shape index (κ1) is 14.5. The molecule has 20 heavy (non-hydrogen) atoms. The molecule has 1 aliphatic rings. The van der Waals surface area contributed by atoms with Gasteiger partial charge in [0.25, 0.3) is 0 Å². The first-order chi connectivity index (χ1) is 9.47. The van der Waals surface area contributed by atoms with E-state index in [-0.39, 0.29) is 17.9 Å². The highest BCUT2D eigenvalue weighted by Gasteiger charge is 2.29. The highest BCUT2D eigenvalue weighted by Crippen LogP contribution is 2.30. The Kier molecular flexibility index (Phi) is 4.39. The molecule has 108 valence electrons. The lowest BCUT2D eigenvalue weighted by atomic mass is 10.1. The average molecular weight is 276 g/mol. The SMILES string of the molecule is CC(O)C(=O)NC(C)c1ccc(NC(=O)C2CC2)cc1. The Morgan fingerprint density at radius 1 is 1.20 bits per heavy atom. The van der Waals surface area contributed by atoms with Gasteiger partial charge >= 0.3 is 0 Å². The van der Waals surface area contributed by atoms with Crippen molar-refractivity contribution in [3.05, 3.63) is 29.8 Å². The topological polar surface area (TPSA) is 78.4 Å². The number of benzene rings is 1. The van der Waals surface area contributed by atoms with E-state index >= 15 is 0 Å². The van der Waals surface area contributed by atoms with Crippen LogP contribution < -0.4 is 10.6 Å². The van der Waals surface area contributed by atoms with Gasteiger partial charge in [-0.05, 0) is 44.4 Å². The number of amides is 2. The molecule has 2 atom stereocenters. The molecule has 0 aromatic heterocycles. The van der Waals surface area contributed by atoms with Gasteiger partial charge in [0.05, 0.1) is 6.04 Å². The summed E-state index contributed by atoms with van der Waals surface area (Å²) in [4.78, 5) is 23.0. The van der Waals surface area contributed by atoms with Crippen molar-refractivity contribution in [1.29, 1.82) is 0 Å². The lowest BCUT2D eigenvalue weighted by Crippen LogP contribution is -2.34. The van der Waals surface area contributed by atoms with Crippen LogP contribution in [0.25, 0.3) is 0 Å². The predicted octanol–water partition coefficient (Wildman–Crippen LogP) is 1.59. The third-order valence-electron chi connectivity index (χ3n) is 3.36. The summed E-state index contributed by atoms with van der Waals surface area (Å²) < 4.78 is 0. The van der Waals surface area contributed by atoms with Crippen LogP contribution in [0.15, 0.2) is 24.3 Å². The van der Waals surface area contributed by atoms with Gasteiger partial charge in [0.2, 0.25) is 11.8 Å². The number of carbonyl (C=O) groups excluding carboxylic acids is 2. The molecule has 3 N–H and O–H groups in total. The van der Waals surface area contributed by atoms with Crippen molar-refractivity contribution in [2.24, 2.45) is 5.92 Å². The monoisotopic (exact) mass is 276 g/mol. The van der Waals surface area contributed by atoms with E-state index in [9.17, 15) is 9.59 Å². The number of hydrogen-bond acceptors (Lipinski definition) is 3. The zero-order valence-corrected chi connectivity index (χ0v) is 11.7. The molecular weight excluding hydrogens is 256 g/mol. The molecule has 0 saturated heterocycles. The third-order valence-corrected chi connectivity index (χ3v) is 3.36. The zero-order valence-electron chi connectivity index (χ0n) is 11.7. The first-order valence-corrected chi connectivity index (χ1v) is 6.86. The molecule has 1 fully saturated rings. The number of rotatable bonds is 5. The van der Waals surface area contributed by atoms with Crippen LogP contribution in [0.4, 0.5) is 5.69 Å². The first-order valence-electron chi connectivity index (χ1n) is 6.86. The predicted molar refractivity (Wildman–Crippen MR) is 76.0 cm³/mol. The molecule has 1 aromatic carbocycles. The summed E-state index contributed by atoms with van der Waals surface area (Å²) >= 11 is 0. The minimum Gasteiger partial charge on any atom is -0.384 e. The molecule has 2 amide bonds. The van der Waals surface area contributed by atoms with E-state index < -0.39 is 12.0 Å². The van der Waals surface area contributed by atoms with E-state index in [1.165, 1.54) is 6.92 Å². The summed E-state index contributed by atoms with van der Waals surface area (Å²) in [6, 6.07) is 7.16. The molecule has 1 aliphatic carbocycles. The van der Waals surface area contributed by atoms with Gasteiger partial charge in [-0.2, -0.15) is 0 Å². The number of anilines is 1. The van der Waals surface area contributed by atoms with E-state index in [4.69, 9.17) is 5.11 Å². The van der Waals surface area contributed by atoms with Crippen LogP contribution in [0.2, 0.25) is 0 Å². The van der Waals surface area contributed by atoms with Gasteiger partial charge in [-0.15, -0.1) is 0 Å². The number of aliphatic hydroxyl groups excluding tert-OH is 1. The molecule has 1 aromatic rings. The second-order valence-electron chi connectivity index (χ2n) is 5.29. The van der Waals surface area contributed by atoms with Gasteiger partial charge < -0.3 is 15.7 Å². The van der Waals surface area contributed by atoms with Crippen LogP contribution in [-0.2, 0) is 9.59 Å². The molecule has 0 radical (unpaired) electrons. The standard InChI is InChI=1S/C15H20N2O3/c1-9(16-14(19)10(2)18)11-5-7-13(8-6-11)17-15(20)12-3-4-12/h5-10,12,18H,3-4H2,1-2H3,(H,16,19)(H,17,20). The van der Waals surface area contributed by atoms with Crippen molar-refractivity contribution in [3.8, 4) is 0 Å². The molecule has 2 unspecified atom stereocenters. The normalized spacial score (nSPS) is 17.1. The second kappa shape index (κ2) is 6.05. The smallest absolute Gasteiger partial charge is 0.249 e. The van der Waals surface area contributed by atoms with Crippen LogP contribution in [0.3, 0.4) is 0 Å². The summed E-state index contributed by atoms with van der Waals surface area (Å²) in [5.74, 6) is -0.143. The third kappa shape index (κ3) is 3.81. The number of nitrogens with one attached hydrogen (secondary N) is 2. The van der Waals surface area contributed by atoms with Gasteiger partial charge in [-0.1, -0.05) is 12.1 Å². The van der Waals surface area contributed by atoms with Gasteiger partial charge in [-0.3, -0.25) is 9.59 Å². The highest BCUT2D eigenvalue weighted by atomic mass is 16.3. The van der Waals surface area contributed by atoms with Crippen LogP contribution >= 0.6 is 0 Å². The Bertz CT molecular complexity index is 492. The fraction of sp³-hybridized carbons (Fsp3) is 0.467. The van der Waals surface area contributed by atoms with E-state index in [0.717, 1.165) is 24.1 Å². The fourth-order valence-corrected chi connectivity index (χ4v) is 1.86. The van der Waals surface area contributed by atoms with Crippen molar-refractivity contribution < 1.29 is 14.7 Å². The molecule has 0 spiro atoms. The number of hydrogen-bond donors (Lipinski definition) is 3. The van der Waals surface area contributed by atoms with Gasteiger partial charge in [-0.25, -0.2) is 0 Å².